The monoisotopic (exact) mass is 791 g/mol. The van der Waals surface area contributed by atoms with E-state index in [2.05, 4.69) is 223 Å². The fourth-order valence-corrected chi connectivity index (χ4v) is 10.5. The second-order valence-corrected chi connectivity index (χ2v) is 16.3. The molecule has 0 amide bonds. The van der Waals surface area contributed by atoms with Crippen LogP contribution in [0.15, 0.2) is 233 Å². The maximum absolute atomic E-state index is 6.82. The third kappa shape index (κ3) is 4.88. The van der Waals surface area contributed by atoms with Crippen LogP contribution >= 0.6 is 0 Å². The lowest BCUT2D eigenvalue weighted by Crippen LogP contribution is -2.28. The average molecular weight is 792 g/mol. The summed E-state index contributed by atoms with van der Waals surface area (Å²) in [7, 11) is 0. The van der Waals surface area contributed by atoms with E-state index in [1.807, 2.05) is 6.07 Å². The molecule has 3 heteroatoms. The summed E-state index contributed by atoms with van der Waals surface area (Å²) in [6.07, 6.45) is 0. The number of benzene rings is 10. The van der Waals surface area contributed by atoms with Crippen LogP contribution in [0.5, 0.6) is 0 Å². The van der Waals surface area contributed by atoms with Crippen LogP contribution in [0.2, 0.25) is 0 Å². The summed E-state index contributed by atoms with van der Waals surface area (Å²) in [6.45, 7) is 0. The topological polar surface area (TPSA) is 29.5 Å². The van der Waals surface area contributed by atoms with Crippen molar-refractivity contribution in [2.75, 3.05) is 4.90 Å². The summed E-state index contributed by atoms with van der Waals surface area (Å²) >= 11 is 0. The van der Waals surface area contributed by atoms with Crippen molar-refractivity contribution in [3.63, 3.8) is 0 Å². The van der Waals surface area contributed by atoms with Crippen LogP contribution in [0.25, 0.3) is 76.9 Å². The molecule has 62 heavy (non-hydrogen) atoms. The lowest BCUT2D eigenvalue weighted by Gasteiger charge is -2.34. The van der Waals surface area contributed by atoms with Gasteiger partial charge >= 0.3 is 0 Å². The van der Waals surface area contributed by atoms with Gasteiger partial charge in [-0.05, 0) is 75.2 Å². The van der Waals surface area contributed by atoms with Crippen molar-refractivity contribution in [3.05, 3.63) is 247 Å². The Balaban J connectivity index is 1.06. The van der Waals surface area contributed by atoms with Crippen LogP contribution in [-0.2, 0) is 5.41 Å². The lowest BCUT2D eigenvalue weighted by atomic mass is 9.68. The number of para-hydroxylation sites is 3. The van der Waals surface area contributed by atoms with Gasteiger partial charge in [-0.3, -0.25) is 0 Å². The van der Waals surface area contributed by atoms with E-state index in [1.165, 1.54) is 38.8 Å². The summed E-state index contributed by atoms with van der Waals surface area (Å²) in [4.78, 5) is 2.41. The van der Waals surface area contributed by atoms with Crippen molar-refractivity contribution >= 4 is 71.7 Å². The van der Waals surface area contributed by atoms with Gasteiger partial charge in [-0.25, -0.2) is 0 Å². The first-order valence-electron chi connectivity index (χ1n) is 21.3. The van der Waals surface area contributed by atoms with Crippen molar-refractivity contribution in [2.24, 2.45) is 0 Å². The van der Waals surface area contributed by atoms with E-state index in [9.17, 15) is 0 Å². The van der Waals surface area contributed by atoms with Crippen molar-refractivity contribution in [3.8, 4) is 22.3 Å². The zero-order valence-corrected chi connectivity index (χ0v) is 33.6. The molecule has 3 nitrogen and oxygen atoms in total. The predicted octanol–water partition coefficient (Wildman–Crippen LogP) is 16.1. The molecule has 0 atom stereocenters. The SMILES string of the molecule is c1ccc(C2(c3ccccc3)c3ccccc3-c3c(N(c4ccc(-c5cccc6c5oc5c7ccccc7ccc65)cc4)c4cccc5c4oc4ccccc45)cccc32)cc1. The molecular formula is C59H37NO2. The number of nitrogens with zero attached hydrogens (tertiary/aromatic N) is 1. The van der Waals surface area contributed by atoms with Crippen molar-refractivity contribution in [2.45, 2.75) is 5.41 Å². The molecule has 0 N–H and O–H groups in total. The van der Waals surface area contributed by atoms with Gasteiger partial charge in [0, 0.05) is 43.7 Å². The second kappa shape index (κ2) is 13.4. The number of furan rings is 2. The minimum absolute atomic E-state index is 0.540. The molecule has 0 saturated heterocycles. The van der Waals surface area contributed by atoms with Gasteiger partial charge in [-0.15, -0.1) is 0 Å². The standard InChI is InChI=1S/C59H37NO2/c1-3-17-40(18-4-1)59(41-19-5-2-6-20-41)50-27-11-9-23-49(50)55-51(59)28-15-29-52(55)60(53-30-14-26-46-45-22-10-12-31-54(45)61-58(46)53)42-35-32-39(33-36-42)44-24-13-25-47-48-37-34-38-16-7-8-21-43(38)57(48)62-56(44)47/h1-37H. The molecule has 2 aromatic heterocycles. The van der Waals surface area contributed by atoms with E-state index in [1.54, 1.807) is 0 Å². The Bertz CT molecular complexity index is 3650. The molecule has 0 aliphatic heterocycles. The largest absolute Gasteiger partial charge is 0.455 e. The highest BCUT2D eigenvalue weighted by molar-refractivity contribution is 6.17. The van der Waals surface area contributed by atoms with E-state index in [0.29, 0.717) is 0 Å². The Kier molecular flexibility index (Phi) is 7.52. The highest BCUT2D eigenvalue weighted by Gasteiger charge is 2.47. The third-order valence-corrected chi connectivity index (χ3v) is 13.2. The maximum Gasteiger partial charge on any atom is 0.159 e. The summed E-state index contributed by atoms with van der Waals surface area (Å²) in [6, 6.07) is 80.9. The molecule has 13 rings (SSSR count). The number of hydrogen-bond acceptors (Lipinski definition) is 3. The van der Waals surface area contributed by atoms with Crippen molar-refractivity contribution in [1.82, 2.24) is 0 Å². The maximum atomic E-state index is 6.82. The Morgan fingerprint density at radius 3 is 1.73 bits per heavy atom. The van der Waals surface area contributed by atoms with Gasteiger partial charge in [0.15, 0.2) is 5.58 Å². The average Bonchev–Trinajstić information content (AvgIpc) is 4.02. The zero-order chi connectivity index (χ0) is 40.8. The molecule has 0 radical (unpaired) electrons. The van der Waals surface area contributed by atoms with Crippen LogP contribution in [0.1, 0.15) is 22.3 Å². The van der Waals surface area contributed by atoms with E-state index in [0.717, 1.165) is 77.5 Å². The summed E-state index contributed by atoms with van der Waals surface area (Å²) in [5.74, 6) is 0. The number of rotatable bonds is 6. The number of anilines is 3. The highest BCUT2D eigenvalue weighted by atomic mass is 16.3. The van der Waals surface area contributed by atoms with Gasteiger partial charge in [0.1, 0.15) is 16.7 Å². The van der Waals surface area contributed by atoms with Crippen LogP contribution in [0, 0.1) is 0 Å². The van der Waals surface area contributed by atoms with Gasteiger partial charge < -0.3 is 13.7 Å². The van der Waals surface area contributed by atoms with Gasteiger partial charge in [0.05, 0.1) is 16.8 Å². The minimum atomic E-state index is -0.540. The predicted molar refractivity (Wildman–Crippen MR) is 256 cm³/mol. The summed E-state index contributed by atoms with van der Waals surface area (Å²) in [5.41, 5.74) is 15.6. The summed E-state index contributed by atoms with van der Waals surface area (Å²) in [5, 5.41) is 6.72. The quantitative estimate of drug-likeness (QED) is 0.168. The fourth-order valence-electron chi connectivity index (χ4n) is 10.5. The first kappa shape index (κ1) is 34.7. The number of fused-ring (bicyclic) bond motifs is 11. The Labute approximate surface area is 358 Å². The highest BCUT2D eigenvalue weighted by Crippen LogP contribution is 2.60. The van der Waals surface area contributed by atoms with Gasteiger partial charge in [0.2, 0.25) is 0 Å². The molecule has 0 unspecified atom stereocenters. The Morgan fingerprint density at radius 2 is 0.919 bits per heavy atom. The first-order valence-corrected chi connectivity index (χ1v) is 21.3. The third-order valence-electron chi connectivity index (χ3n) is 13.2. The molecule has 1 aliphatic rings. The van der Waals surface area contributed by atoms with E-state index >= 15 is 0 Å². The Hall–Kier alpha value is -8.14. The molecule has 12 aromatic rings. The molecule has 10 aromatic carbocycles. The van der Waals surface area contributed by atoms with Crippen LogP contribution in [0.3, 0.4) is 0 Å². The van der Waals surface area contributed by atoms with Gasteiger partial charge in [-0.1, -0.05) is 188 Å². The van der Waals surface area contributed by atoms with E-state index < -0.39 is 5.41 Å². The minimum Gasteiger partial charge on any atom is -0.455 e. The molecule has 0 spiro atoms. The normalized spacial score (nSPS) is 13.0. The first-order chi connectivity index (χ1) is 30.8. The molecule has 0 bridgehead atoms. The van der Waals surface area contributed by atoms with E-state index in [-0.39, 0.29) is 0 Å². The molecule has 1 aliphatic carbocycles. The smallest absolute Gasteiger partial charge is 0.159 e. The second-order valence-electron chi connectivity index (χ2n) is 16.3. The van der Waals surface area contributed by atoms with Crippen LogP contribution < -0.4 is 4.90 Å². The van der Waals surface area contributed by atoms with Crippen LogP contribution in [-0.4, -0.2) is 0 Å². The Morgan fingerprint density at radius 1 is 0.339 bits per heavy atom. The molecule has 2 heterocycles. The van der Waals surface area contributed by atoms with E-state index in [4.69, 9.17) is 8.83 Å². The van der Waals surface area contributed by atoms with Gasteiger partial charge in [0.25, 0.3) is 0 Å². The molecular weight excluding hydrogens is 755 g/mol. The molecule has 290 valence electrons. The summed E-state index contributed by atoms with van der Waals surface area (Å²) < 4.78 is 13.6. The number of hydrogen-bond donors (Lipinski definition) is 0. The molecule has 0 fully saturated rings. The van der Waals surface area contributed by atoms with Crippen molar-refractivity contribution in [1.29, 1.82) is 0 Å². The van der Waals surface area contributed by atoms with Crippen LogP contribution in [0.4, 0.5) is 17.1 Å². The molecule has 0 saturated carbocycles. The van der Waals surface area contributed by atoms with Crippen molar-refractivity contribution < 1.29 is 8.83 Å². The fraction of sp³-hybridized carbons (Fsp3) is 0.0169. The lowest BCUT2D eigenvalue weighted by molar-refractivity contribution is 0.669. The zero-order valence-electron chi connectivity index (χ0n) is 33.6. The van der Waals surface area contributed by atoms with Gasteiger partial charge in [-0.2, -0.15) is 0 Å².